The average molecular weight is 266 g/mol. The second-order valence-corrected chi connectivity index (χ2v) is 4.24. The molecule has 2 amide bonds. The number of carbonyl (C=O) groups is 2. The van der Waals surface area contributed by atoms with Crippen LogP contribution in [0.1, 0.15) is 17.5 Å². The van der Waals surface area contributed by atoms with Crippen molar-refractivity contribution in [1.82, 2.24) is 10.6 Å². The first-order valence-corrected chi connectivity index (χ1v) is 5.97. The number of benzene rings is 1. The highest BCUT2D eigenvalue weighted by molar-refractivity contribution is 5.74. The van der Waals surface area contributed by atoms with E-state index in [0.717, 1.165) is 11.1 Å². The Morgan fingerprint density at radius 2 is 1.84 bits per heavy atom. The fourth-order valence-corrected chi connectivity index (χ4v) is 1.40. The standard InChI is InChI=1S/C13H18N2O4/c1-9-2-4-10(5-3-9)8-15-13(19)14-7-6-11(16)12(17)18/h2-5,11,16H,6-8H2,1H3,(H,17,18)(H2,14,15,19)/t11-/m0/s1. The van der Waals surface area contributed by atoms with Crippen molar-refractivity contribution in [2.45, 2.75) is 26.0 Å². The number of hydrogen-bond donors (Lipinski definition) is 4. The van der Waals surface area contributed by atoms with Gasteiger partial charge in [-0.25, -0.2) is 9.59 Å². The van der Waals surface area contributed by atoms with Crippen LogP contribution in [0.5, 0.6) is 0 Å². The second-order valence-electron chi connectivity index (χ2n) is 4.24. The first-order chi connectivity index (χ1) is 8.99. The molecule has 0 unspecified atom stereocenters. The molecule has 0 bridgehead atoms. The summed E-state index contributed by atoms with van der Waals surface area (Å²) in [5.74, 6) is -1.29. The number of carbonyl (C=O) groups excluding carboxylic acids is 1. The maximum atomic E-state index is 11.4. The van der Waals surface area contributed by atoms with Crippen LogP contribution in [0.4, 0.5) is 4.79 Å². The van der Waals surface area contributed by atoms with Crippen LogP contribution in [-0.2, 0) is 11.3 Å². The number of hydrogen-bond acceptors (Lipinski definition) is 3. The lowest BCUT2D eigenvalue weighted by Gasteiger charge is -2.09. The van der Waals surface area contributed by atoms with Crippen molar-refractivity contribution in [2.24, 2.45) is 0 Å². The van der Waals surface area contributed by atoms with Crippen LogP contribution in [0.15, 0.2) is 24.3 Å². The maximum Gasteiger partial charge on any atom is 0.332 e. The monoisotopic (exact) mass is 266 g/mol. The lowest BCUT2D eigenvalue weighted by molar-refractivity contribution is -0.146. The van der Waals surface area contributed by atoms with Crippen molar-refractivity contribution in [3.05, 3.63) is 35.4 Å². The topological polar surface area (TPSA) is 98.7 Å². The van der Waals surface area contributed by atoms with Crippen molar-refractivity contribution < 1.29 is 19.8 Å². The number of carboxylic acids is 1. The molecule has 0 spiro atoms. The molecule has 6 heteroatoms. The Morgan fingerprint density at radius 1 is 1.21 bits per heavy atom. The van der Waals surface area contributed by atoms with E-state index in [0.29, 0.717) is 6.54 Å². The number of amides is 2. The van der Waals surface area contributed by atoms with Gasteiger partial charge in [0.05, 0.1) is 0 Å². The van der Waals surface area contributed by atoms with Crippen LogP contribution in [0.3, 0.4) is 0 Å². The van der Waals surface area contributed by atoms with E-state index >= 15 is 0 Å². The predicted octanol–water partition coefficient (Wildman–Crippen LogP) is 0.630. The molecule has 104 valence electrons. The molecule has 0 radical (unpaired) electrons. The fourth-order valence-electron chi connectivity index (χ4n) is 1.40. The van der Waals surface area contributed by atoms with Gasteiger partial charge in [0.1, 0.15) is 0 Å². The van der Waals surface area contributed by atoms with Gasteiger partial charge in [-0.1, -0.05) is 29.8 Å². The summed E-state index contributed by atoms with van der Waals surface area (Å²) in [6.45, 7) is 2.48. The van der Waals surface area contributed by atoms with E-state index in [2.05, 4.69) is 10.6 Å². The molecule has 1 aromatic rings. The van der Waals surface area contributed by atoms with Crippen LogP contribution < -0.4 is 10.6 Å². The molecule has 19 heavy (non-hydrogen) atoms. The zero-order chi connectivity index (χ0) is 14.3. The highest BCUT2D eigenvalue weighted by Gasteiger charge is 2.12. The van der Waals surface area contributed by atoms with Crippen molar-refractivity contribution in [1.29, 1.82) is 0 Å². The van der Waals surface area contributed by atoms with Crippen LogP contribution >= 0.6 is 0 Å². The molecule has 1 aromatic carbocycles. The lowest BCUT2D eigenvalue weighted by atomic mass is 10.1. The molecule has 0 aromatic heterocycles. The van der Waals surface area contributed by atoms with Crippen molar-refractivity contribution in [3.63, 3.8) is 0 Å². The highest BCUT2D eigenvalue weighted by Crippen LogP contribution is 2.02. The van der Waals surface area contributed by atoms with E-state index in [1.807, 2.05) is 31.2 Å². The average Bonchev–Trinajstić information content (AvgIpc) is 2.37. The summed E-state index contributed by atoms with van der Waals surface area (Å²) < 4.78 is 0. The summed E-state index contributed by atoms with van der Waals surface area (Å²) in [6.07, 6.45) is -1.47. The molecule has 6 nitrogen and oxygen atoms in total. The molecule has 4 N–H and O–H groups in total. The molecule has 0 saturated carbocycles. The van der Waals surface area contributed by atoms with E-state index in [1.165, 1.54) is 0 Å². The molecule has 1 atom stereocenters. The summed E-state index contributed by atoms with van der Waals surface area (Å²) in [4.78, 5) is 21.7. The Bertz CT molecular complexity index is 431. The molecule has 0 fully saturated rings. The Hall–Kier alpha value is -2.08. The summed E-state index contributed by atoms with van der Waals surface area (Å²) in [7, 11) is 0. The Morgan fingerprint density at radius 3 is 2.42 bits per heavy atom. The van der Waals surface area contributed by atoms with E-state index in [1.54, 1.807) is 0 Å². The number of aliphatic carboxylic acids is 1. The summed E-state index contributed by atoms with van der Waals surface area (Å²) in [5.41, 5.74) is 2.13. The van der Waals surface area contributed by atoms with Gasteiger partial charge in [-0.3, -0.25) is 0 Å². The minimum absolute atomic E-state index is 0.0206. The van der Waals surface area contributed by atoms with Gasteiger partial charge in [0.15, 0.2) is 6.10 Å². The minimum Gasteiger partial charge on any atom is -0.479 e. The van der Waals surface area contributed by atoms with Gasteiger partial charge in [-0.05, 0) is 12.5 Å². The number of carboxylic acid groups (broad SMARTS) is 1. The quantitative estimate of drug-likeness (QED) is 0.607. The van der Waals surface area contributed by atoms with Gasteiger partial charge in [0, 0.05) is 19.5 Å². The van der Waals surface area contributed by atoms with Crippen LogP contribution in [0, 0.1) is 6.92 Å². The summed E-state index contributed by atoms with van der Waals surface area (Å²) in [5, 5.41) is 22.6. The van der Waals surface area contributed by atoms with Crippen LogP contribution in [0.2, 0.25) is 0 Å². The van der Waals surface area contributed by atoms with Gasteiger partial charge >= 0.3 is 12.0 Å². The number of nitrogens with one attached hydrogen (secondary N) is 2. The lowest BCUT2D eigenvalue weighted by Crippen LogP contribution is -2.37. The van der Waals surface area contributed by atoms with Gasteiger partial charge < -0.3 is 20.8 Å². The van der Waals surface area contributed by atoms with Gasteiger partial charge in [-0.2, -0.15) is 0 Å². The molecular formula is C13H18N2O4. The van der Waals surface area contributed by atoms with E-state index in [4.69, 9.17) is 10.2 Å². The third-order valence-corrected chi connectivity index (χ3v) is 2.56. The first kappa shape index (κ1) is 15.0. The number of aryl methyl sites for hydroxylation is 1. The molecular weight excluding hydrogens is 248 g/mol. The highest BCUT2D eigenvalue weighted by atomic mass is 16.4. The predicted molar refractivity (Wildman–Crippen MR) is 69.7 cm³/mol. The number of urea groups is 1. The zero-order valence-electron chi connectivity index (χ0n) is 10.7. The second kappa shape index (κ2) is 7.38. The molecule has 0 aliphatic carbocycles. The van der Waals surface area contributed by atoms with Crippen molar-refractivity contribution >= 4 is 12.0 Å². The summed E-state index contributed by atoms with van der Waals surface area (Å²) >= 11 is 0. The van der Waals surface area contributed by atoms with Gasteiger partial charge in [0.25, 0.3) is 0 Å². The van der Waals surface area contributed by atoms with E-state index < -0.39 is 18.1 Å². The Labute approximate surface area is 111 Å². The first-order valence-electron chi connectivity index (χ1n) is 5.97. The van der Waals surface area contributed by atoms with Crippen LogP contribution in [0.25, 0.3) is 0 Å². The number of rotatable bonds is 6. The number of aliphatic hydroxyl groups excluding tert-OH is 1. The third-order valence-electron chi connectivity index (χ3n) is 2.56. The molecule has 0 saturated heterocycles. The van der Waals surface area contributed by atoms with Gasteiger partial charge in [0.2, 0.25) is 0 Å². The maximum absolute atomic E-state index is 11.4. The van der Waals surface area contributed by atoms with Crippen molar-refractivity contribution in [3.8, 4) is 0 Å². The fraction of sp³-hybridized carbons (Fsp3) is 0.385. The summed E-state index contributed by atoms with van der Waals surface area (Å²) in [6, 6.07) is 7.36. The molecule has 0 aliphatic heterocycles. The normalized spacial score (nSPS) is 11.7. The van der Waals surface area contributed by atoms with Gasteiger partial charge in [-0.15, -0.1) is 0 Å². The molecule has 1 rings (SSSR count). The number of aliphatic hydroxyl groups is 1. The zero-order valence-corrected chi connectivity index (χ0v) is 10.7. The Balaban J connectivity index is 2.21. The smallest absolute Gasteiger partial charge is 0.332 e. The molecule has 0 aliphatic rings. The third kappa shape index (κ3) is 5.87. The SMILES string of the molecule is Cc1ccc(CNC(=O)NCC[C@H](O)C(=O)O)cc1. The van der Waals surface area contributed by atoms with E-state index in [9.17, 15) is 9.59 Å². The van der Waals surface area contributed by atoms with E-state index in [-0.39, 0.29) is 13.0 Å². The van der Waals surface area contributed by atoms with Crippen LogP contribution in [-0.4, -0.2) is 34.9 Å². The van der Waals surface area contributed by atoms with Crippen molar-refractivity contribution in [2.75, 3.05) is 6.54 Å². The largest absolute Gasteiger partial charge is 0.479 e. The molecule has 0 heterocycles. The minimum atomic E-state index is -1.45. The Kier molecular flexibility index (Phi) is 5.81.